The smallest absolute Gasteiger partial charge is 0.257 e. The van der Waals surface area contributed by atoms with Crippen LogP contribution in [0.2, 0.25) is 0 Å². The summed E-state index contributed by atoms with van der Waals surface area (Å²) >= 11 is 0. The summed E-state index contributed by atoms with van der Waals surface area (Å²) in [5.41, 5.74) is 0.804. The Balaban J connectivity index is 1.94. The van der Waals surface area contributed by atoms with Crippen molar-refractivity contribution in [2.75, 3.05) is 39.4 Å². The molecular weight excluding hydrogens is 320 g/mol. The number of nitrogens with zero attached hydrogens (tertiary/aromatic N) is 3. The first-order valence-corrected chi connectivity index (χ1v) is 9.10. The summed E-state index contributed by atoms with van der Waals surface area (Å²) in [7, 11) is 0. The molecule has 2 saturated heterocycles. The second kappa shape index (κ2) is 7.25. The van der Waals surface area contributed by atoms with Gasteiger partial charge in [-0.2, -0.15) is 5.10 Å². The van der Waals surface area contributed by atoms with E-state index in [4.69, 9.17) is 4.74 Å². The van der Waals surface area contributed by atoms with Gasteiger partial charge < -0.3 is 15.0 Å². The lowest BCUT2D eigenvalue weighted by Crippen LogP contribution is -2.41. The molecule has 138 valence electrons. The van der Waals surface area contributed by atoms with Crippen molar-refractivity contribution in [1.82, 2.24) is 20.0 Å². The first-order chi connectivity index (χ1) is 11.9. The zero-order valence-corrected chi connectivity index (χ0v) is 15.4. The van der Waals surface area contributed by atoms with E-state index in [-0.39, 0.29) is 17.7 Å². The molecule has 7 nitrogen and oxygen atoms in total. The normalized spacial score (nSPS) is 19.9. The fourth-order valence-corrected chi connectivity index (χ4v) is 3.33. The van der Waals surface area contributed by atoms with Crippen LogP contribution in [-0.2, 0) is 4.74 Å². The van der Waals surface area contributed by atoms with Crippen molar-refractivity contribution in [1.29, 1.82) is 0 Å². The van der Waals surface area contributed by atoms with E-state index in [2.05, 4.69) is 10.4 Å². The Hall–Kier alpha value is -1.73. The molecule has 0 aromatic carbocycles. The van der Waals surface area contributed by atoms with Crippen molar-refractivity contribution in [3.8, 4) is 0 Å². The Kier molecular flexibility index (Phi) is 5.24. The third-order valence-electron chi connectivity index (χ3n) is 4.85. The van der Waals surface area contributed by atoms with Crippen molar-refractivity contribution in [3.05, 3.63) is 17.5 Å². The van der Waals surface area contributed by atoms with Crippen LogP contribution in [0.1, 0.15) is 60.4 Å². The summed E-state index contributed by atoms with van der Waals surface area (Å²) in [5.74, 6) is 0.0868. The van der Waals surface area contributed by atoms with E-state index >= 15 is 0 Å². The van der Waals surface area contributed by atoms with Gasteiger partial charge in [-0.05, 0) is 25.9 Å². The molecule has 2 fully saturated rings. The molecule has 0 atom stereocenters. The van der Waals surface area contributed by atoms with Crippen molar-refractivity contribution >= 4 is 11.8 Å². The quantitative estimate of drug-likeness (QED) is 0.877. The van der Waals surface area contributed by atoms with E-state index in [0.717, 1.165) is 31.6 Å². The molecule has 2 aliphatic heterocycles. The van der Waals surface area contributed by atoms with E-state index in [1.807, 2.05) is 20.8 Å². The minimum absolute atomic E-state index is 0.0372. The largest absolute Gasteiger partial charge is 0.378 e. The number of ether oxygens (including phenoxy) is 1. The van der Waals surface area contributed by atoms with Gasteiger partial charge in [-0.15, -0.1) is 0 Å². The number of carbonyl (C=O) groups is 2. The number of carbonyl (C=O) groups excluding carboxylic acids is 2. The van der Waals surface area contributed by atoms with Crippen LogP contribution in [0.15, 0.2) is 6.20 Å². The van der Waals surface area contributed by atoms with Crippen molar-refractivity contribution in [3.63, 3.8) is 0 Å². The molecular formula is C18H28N4O3. The SMILES string of the molecule is CC(C)(C)C(=O)n1cc(C(=O)N2CCOCC2)c(C2CCNCC2)n1. The minimum atomic E-state index is -0.545. The number of hydrogen-bond acceptors (Lipinski definition) is 5. The molecule has 7 heteroatoms. The molecule has 3 heterocycles. The summed E-state index contributed by atoms with van der Waals surface area (Å²) < 4.78 is 6.72. The molecule has 1 amide bonds. The highest BCUT2D eigenvalue weighted by atomic mass is 16.5. The summed E-state index contributed by atoms with van der Waals surface area (Å²) in [6.45, 7) is 9.71. The highest BCUT2D eigenvalue weighted by Gasteiger charge is 2.32. The van der Waals surface area contributed by atoms with Crippen LogP contribution in [0.3, 0.4) is 0 Å². The number of nitrogens with one attached hydrogen (secondary N) is 1. The van der Waals surface area contributed by atoms with Crippen LogP contribution in [0.25, 0.3) is 0 Å². The molecule has 1 N–H and O–H groups in total. The minimum Gasteiger partial charge on any atom is -0.378 e. The van der Waals surface area contributed by atoms with Gasteiger partial charge in [-0.3, -0.25) is 9.59 Å². The predicted molar refractivity (Wildman–Crippen MR) is 93.9 cm³/mol. The number of amides is 1. The van der Waals surface area contributed by atoms with Crippen LogP contribution < -0.4 is 5.32 Å². The lowest BCUT2D eigenvalue weighted by molar-refractivity contribution is 0.0301. The molecule has 0 unspecified atom stereocenters. The molecule has 0 bridgehead atoms. The lowest BCUT2D eigenvalue weighted by atomic mass is 9.92. The van der Waals surface area contributed by atoms with Gasteiger partial charge in [0.05, 0.1) is 24.5 Å². The molecule has 0 spiro atoms. The number of rotatable bonds is 2. The first kappa shape index (κ1) is 18.1. The molecule has 0 aliphatic carbocycles. The van der Waals surface area contributed by atoms with Crippen LogP contribution in [-0.4, -0.2) is 65.9 Å². The highest BCUT2D eigenvalue weighted by Crippen LogP contribution is 2.29. The van der Waals surface area contributed by atoms with Crippen LogP contribution in [0.5, 0.6) is 0 Å². The third-order valence-corrected chi connectivity index (χ3v) is 4.85. The average Bonchev–Trinajstić information content (AvgIpc) is 3.06. The average molecular weight is 348 g/mol. The van der Waals surface area contributed by atoms with Gasteiger partial charge in [-0.1, -0.05) is 20.8 Å². The molecule has 25 heavy (non-hydrogen) atoms. The van der Waals surface area contributed by atoms with E-state index < -0.39 is 5.41 Å². The maximum atomic E-state index is 13.0. The lowest BCUT2D eigenvalue weighted by Gasteiger charge is -2.28. The molecule has 0 saturated carbocycles. The van der Waals surface area contributed by atoms with Crippen molar-refractivity contribution < 1.29 is 14.3 Å². The first-order valence-electron chi connectivity index (χ1n) is 9.10. The van der Waals surface area contributed by atoms with Gasteiger partial charge in [0.25, 0.3) is 11.8 Å². The summed E-state index contributed by atoms with van der Waals surface area (Å²) in [6.07, 6.45) is 3.51. The second-order valence-corrected chi connectivity index (χ2v) is 7.86. The maximum Gasteiger partial charge on any atom is 0.257 e. The number of morpholine rings is 1. The molecule has 2 aliphatic rings. The summed E-state index contributed by atoms with van der Waals surface area (Å²) in [6, 6.07) is 0. The van der Waals surface area contributed by atoms with Crippen LogP contribution >= 0.6 is 0 Å². The Bertz CT molecular complexity index is 635. The molecule has 0 radical (unpaired) electrons. The summed E-state index contributed by atoms with van der Waals surface area (Å²) in [5, 5.41) is 7.91. The van der Waals surface area contributed by atoms with Gasteiger partial charge in [0.15, 0.2) is 0 Å². The van der Waals surface area contributed by atoms with Crippen molar-refractivity contribution in [2.24, 2.45) is 5.41 Å². The van der Waals surface area contributed by atoms with Crippen LogP contribution in [0.4, 0.5) is 0 Å². The Morgan fingerprint density at radius 2 is 1.84 bits per heavy atom. The number of piperidine rings is 1. The molecule has 1 aromatic heterocycles. The Morgan fingerprint density at radius 1 is 1.20 bits per heavy atom. The monoisotopic (exact) mass is 348 g/mol. The Labute approximate surface area is 148 Å². The fourth-order valence-electron chi connectivity index (χ4n) is 3.33. The van der Waals surface area contributed by atoms with Gasteiger partial charge in [0.1, 0.15) is 0 Å². The molecule has 1 aromatic rings. The Morgan fingerprint density at radius 3 is 2.44 bits per heavy atom. The fraction of sp³-hybridized carbons (Fsp3) is 0.722. The summed E-state index contributed by atoms with van der Waals surface area (Å²) in [4.78, 5) is 27.5. The molecule has 3 rings (SSSR count). The topological polar surface area (TPSA) is 76.5 Å². The zero-order chi connectivity index (χ0) is 18.0. The van der Waals surface area contributed by atoms with Crippen LogP contribution in [0, 0.1) is 5.41 Å². The third kappa shape index (κ3) is 3.93. The van der Waals surface area contributed by atoms with Gasteiger partial charge in [0, 0.05) is 30.6 Å². The standard InChI is InChI=1S/C18H28N4O3/c1-18(2,3)17(24)22-12-14(16(23)21-8-10-25-11-9-21)15(20-22)13-4-6-19-7-5-13/h12-13,19H,4-11H2,1-3H3. The number of aromatic nitrogens is 2. The van der Waals surface area contributed by atoms with E-state index in [9.17, 15) is 9.59 Å². The van der Waals surface area contributed by atoms with Gasteiger partial charge in [0.2, 0.25) is 0 Å². The van der Waals surface area contributed by atoms with Gasteiger partial charge in [-0.25, -0.2) is 4.68 Å². The number of hydrogen-bond donors (Lipinski definition) is 1. The second-order valence-electron chi connectivity index (χ2n) is 7.86. The zero-order valence-electron chi connectivity index (χ0n) is 15.4. The highest BCUT2D eigenvalue weighted by molar-refractivity contribution is 5.96. The van der Waals surface area contributed by atoms with Gasteiger partial charge >= 0.3 is 0 Å². The van der Waals surface area contributed by atoms with E-state index in [1.165, 1.54) is 4.68 Å². The predicted octanol–water partition coefficient (Wildman–Crippen LogP) is 1.51. The van der Waals surface area contributed by atoms with E-state index in [0.29, 0.717) is 31.9 Å². The van der Waals surface area contributed by atoms with Crippen molar-refractivity contribution in [2.45, 2.75) is 39.5 Å². The van der Waals surface area contributed by atoms with E-state index in [1.54, 1.807) is 11.1 Å². The maximum absolute atomic E-state index is 13.0.